The molecule has 0 spiro atoms. The molecule has 0 saturated carbocycles. The summed E-state index contributed by atoms with van der Waals surface area (Å²) in [4.78, 5) is 10.4. The lowest BCUT2D eigenvalue weighted by molar-refractivity contribution is -0.131. The molecule has 0 unspecified atom stereocenters. The monoisotopic (exact) mass is 206 g/mol. The first kappa shape index (κ1) is 11.3. The van der Waals surface area contributed by atoms with Crippen LogP contribution in [0.5, 0.6) is 5.75 Å². The minimum absolute atomic E-state index is 0.628. The van der Waals surface area contributed by atoms with Crippen LogP contribution in [-0.2, 0) is 11.2 Å². The molecule has 0 aliphatic heterocycles. The van der Waals surface area contributed by atoms with Gasteiger partial charge in [0.05, 0.1) is 7.11 Å². The van der Waals surface area contributed by atoms with Crippen molar-refractivity contribution in [3.8, 4) is 5.75 Å². The molecule has 1 rings (SSSR count). The third-order valence-electron chi connectivity index (χ3n) is 1.99. The SMILES string of the molecule is COc1cccc(CC(C)=CC(=O)O)c1. The second kappa shape index (κ2) is 5.20. The van der Waals surface area contributed by atoms with E-state index in [-0.39, 0.29) is 0 Å². The minimum atomic E-state index is -0.907. The molecular weight excluding hydrogens is 192 g/mol. The maximum atomic E-state index is 10.4. The lowest BCUT2D eigenvalue weighted by Crippen LogP contribution is -1.94. The summed E-state index contributed by atoms with van der Waals surface area (Å²) >= 11 is 0. The quantitative estimate of drug-likeness (QED) is 0.769. The summed E-state index contributed by atoms with van der Waals surface area (Å²) in [6.07, 6.45) is 1.85. The summed E-state index contributed by atoms with van der Waals surface area (Å²) in [5, 5.41) is 8.56. The highest BCUT2D eigenvalue weighted by atomic mass is 16.5. The van der Waals surface area contributed by atoms with E-state index in [4.69, 9.17) is 9.84 Å². The van der Waals surface area contributed by atoms with Gasteiger partial charge in [0.25, 0.3) is 0 Å². The van der Waals surface area contributed by atoms with Crippen LogP contribution in [0.1, 0.15) is 12.5 Å². The van der Waals surface area contributed by atoms with Crippen LogP contribution >= 0.6 is 0 Å². The van der Waals surface area contributed by atoms with Gasteiger partial charge in [-0.3, -0.25) is 0 Å². The Morgan fingerprint density at radius 1 is 1.53 bits per heavy atom. The number of carbonyl (C=O) groups is 1. The molecule has 80 valence electrons. The van der Waals surface area contributed by atoms with E-state index < -0.39 is 5.97 Å². The van der Waals surface area contributed by atoms with Crippen LogP contribution in [0.3, 0.4) is 0 Å². The maximum absolute atomic E-state index is 10.4. The molecule has 1 aromatic rings. The topological polar surface area (TPSA) is 46.5 Å². The summed E-state index contributed by atoms with van der Waals surface area (Å²) in [6.45, 7) is 1.80. The zero-order valence-electron chi connectivity index (χ0n) is 8.86. The fourth-order valence-electron chi connectivity index (χ4n) is 1.37. The molecule has 0 heterocycles. The van der Waals surface area contributed by atoms with E-state index in [1.54, 1.807) is 14.0 Å². The summed E-state index contributed by atoms with van der Waals surface area (Å²) in [6, 6.07) is 7.60. The molecule has 15 heavy (non-hydrogen) atoms. The number of aliphatic carboxylic acids is 1. The minimum Gasteiger partial charge on any atom is -0.497 e. The highest BCUT2D eigenvalue weighted by molar-refractivity contribution is 5.80. The van der Waals surface area contributed by atoms with Crippen molar-refractivity contribution in [3.05, 3.63) is 41.5 Å². The van der Waals surface area contributed by atoms with Gasteiger partial charge in [-0.2, -0.15) is 0 Å². The van der Waals surface area contributed by atoms with Crippen LogP contribution in [0, 0.1) is 0 Å². The van der Waals surface area contributed by atoms with Crippen LogP contribution in [0.4, 0.5) is 0 Å². The van der Waals surface area contributed by atoms with Crippen LogP contribution < -0.4 is 4.74 Å². The zero-order valence-corrected chi connectivity index (χ0v) is 8.86. The van der Waals surface area contributed by atoms with Crippen LogP contribution in [0.2, 0.25) is 0 Å². The standard InChI is InChI=1S/C12H14O3/c1-9(7-12(13)14)6-10-4-3-5-11(8-10)15-2/h3-5,7-8H,6H2,1-2H3,(H,13,14). The van der Waals surface area contributed by atoms with Crippen LogP contribution in [0.15, 0.2) is 35.9 Å². The van der Waals surface area contributed by atoms with Crippen molar-refractivity contribution < 1.29 is 14.6 Å². The first-order valence-electron chi connectivity index (χ1n) is 4.65. The van der Waals surface area contributed by atoms with Crippen molar-refractivity contribution in [2.75, 3.05) is 7.11 Å². The van der Waals surface area contributed by atoms with Crippen molar-refractivity contribution >= 4 is 5.97 Å². The third kappa shape index (κ3) is 3.85. The number of allylic oxidation sites excluding steroid dienone is 1. The largest absolute Gasteiger partial charge is 0.497 e. The molecule has 0 aliphatic rings. The van der Waals surface area contributed by atoms with E-state index in [1.165, 1.54) is 6.08 Å². The van der Waals surface area contributed by atoms with E-state index in [0.717, 1.165) is 16.9 Å². The highest BCUT2D eigenvalue weighted by Crippen LogP contribution is 2.15. The summed E-state index contributed by atoms with van der Waals surface area (Å²) < 4.78 is 5.08. The Labute approximate surface area is 89.0 Å². The van der Waals surface area contributed by atoms with Crippen molar-refractivity contribution in [1.29, 1.82) is 0 Å². The second-order valence-electron chi connectivity index (χ2n) is 3.36. The first-order valence-corrected chi connectivity index (χ1v) is 4.65. The molecule has 3 nitrogen and oxygen atoms in total. The lowest BCUT2D eigenvalue weighted by Gasteiger charge is -2.04. The van der Waals surface area contributed by atoms with Gasteiger partial charge in [0.2, 0.25) is 0 Å². The van der Waals surface area contributed by atoms with Crippen molar-refractivity contribution in [2.24, 2.45) is 0 Å². The molecule has 0 atom stereocenters. The van der Waals surface area contributed by atoms with Crippen LogP contribution in [-0.4, -0.2) is 18.2 Å². The predicted octanol–water partition coefficient (Wildman–Crippen LogP) is 2.27. The third-order valence-corrected chi connectivity index (χ3v) is 1.99. The normalized spacial score (nSPS) is 11.2. The maximum Gasteiger partial charge on any atom is 0.328 e. The van der Waals surface area contributed by atoms with Gasteiger partial charge in [0.1, 0.15) is 5.75 Å². The number of hydrogen-bond donors (Lipinski definition) is 1. The fourth-order valence-corrected chi connectivity index (χ4v) is 1.37. The molecule has 1 aromatic carbocycles. The van der Waals surface area contributed by atoms with Gasteiger partial charge in [0.15, 0.2) is 0 Å². The Morgan fingerprint density at radius 2 is 2.27 bits per heavy atom. The average molecular weight is 206 g/mol. The lowest BCUT2D eigenvalue weighted by atomic mass is 10.1. The van der Waals surface area contributed by atoms with Crippen molar-refractivity contribution in [2.45, 2.75) is 13.3 Å². The Balaban J connectivity index is 2.76. The first-order chi connectivity index (χ1) is 7.11. The van der Waals surface area contributed by atoms with E-state index in [1.807, 2.05) is 24.3 Å². The second-order valence-corrected chi connectivity index (χ2v) is 3.36. The molecule has 0 bridgehead atoms. The molecular formula is C12H14O3. The number of methoxy groups -OCH3 is 1. The zero-order chi connectivity index (χ0) is 11.3. The van der Waals surface area contributed by atoms with E-state index in [2.05, 4.69) is 0 Å². The van der Waals surface area contributed by atoms with Gasteiger partial charge in [-0.05, 0) is 31.0 Å². The van der Waals surface area contributed by atoms with E-state index in [9.17, 15) is 4.79 Å². The number of carboxylic acid groups (broad SMARTS) is 1. The highest BCUT2D eigenvalue weighted by Gasteiger charge is 1.99. The van der Waals surface area contributed by atoms with E-state index in [0.29, 0.717) is 6.42 Å². The number of rotatable bonds is 4. The van der Waals surface area contributed by atoms with Gasteiger partial charge >= 0.3 is 5.97 Å². The summed E-state index contributed by atoms with van der Waals surface area (Å²) in [5.74, 6) is -0.119. The van der Waals surface area contributed by atoms with Gasteiger partial charge in [-0.1, -0.05) is 17.7 Å². The Kier molecular flexibility index (Phi) is 3.92. The van der Waals surface area contributed by atoms with Gasteiger partial charge < -0.3 is 9.84 Å². The number of ether oxygens (including phenoxy) is 1. The summed E-state index contributed by atoms with van der Waals surface area (Å²) in [5.41, 5.74) is 1.86. The molecule has 0 fully saturated rings. The predicted molar refractivity (Wildman–Crippen MR) is 58.1 cm³/mol. The Hall–Kier alpha value is -1.77. The number of carboxylic acids is 1. The fraction of sp³-hybridized carbons (Fsp3) is 0.250. The molecule has 0 saturated heterocycles. The summed E-state index contributed by atoms with van der Waals surface area (Å²) in [7, 11) is 1.61. The van der Waals surface area contributed by atoms with Crippen LogP contribution in [0.25, 0.3) is 0 Å². The molecule has 0 aromatic heterocycles. The van der Waals surface area contributed by atoms with Gasteiger partial charge in [-0.15, -0.1) is 0 Å². The molecule has 0 aliphatic carbocycles. The average Bonchev–Trinajstić information content (AvgIpc) is 2.16. The number of hydrogen-bond acceptors (Lipinski definition) is 2. The van der Waals surface area contributed by atoms with Gasteiger partial charge in [-0.25, -0.2) is 4.79 Å². The Morgan fingerprint density at radius 3 is 2.87 bits per heavy atom. The van der Waals surface area contributed by atoms with Gasteiger partial charge in [0, 0.05) is 6.08 Å². The van der Waals surface area contributed by atoms with Crippen molar-refractivity contribution in [1.82, 2.24) is 0 Å². The molecule has 3 heteroatoms. The smallest absolute Gasteiger partial charge is 0.328 e. The molecule has 0 amide bonds. The molecule has 1 N–H and O–H groups in total. The van der Waals surface area contributed by atoms with Crippen molar-refractivity contribution in [3.63, 3.8) is 0 Å². The number of benzene rings is 1. The Bertz CT molecular complexity index is 380. The molecule has 0 radical (unpaired) electrons. The van der Waals surface area contributed by atoms with E-state index >= 15 is 0 Å².